The van der Waals surface area contributed by atoms with Crippen LogP contribution in [0.1, 0.15) is 26.7 Å². The highest BCUT2D eigenvalue weighted by Gasteiger charge is 2.49. The molecule has 1 saturated carbocycles. The Hall–Kier alpha value is -1.35. The molecule has 0 heterocycles. The molecule has 0 N–H and O–H groups in total. The van der Waals surface area contributed by atoms with E-state index in [2.05, 4.69) is 27.0 Å². The first-order chi connectivity index (χ1) is 8.33. The Morgan fingerprint density at radius 1 is 1.44 bits per heavy atom. The van der Waals surface area contributed by atoms with Crippen molar-refractivity contribution < 1.29 is 14.3 Å². The number of esters is 1. The Bertz CT molecular complexity index is 404. The molecule has 1 unspecified atom stereocenters. The summed E-state index contributed by atoms with van der Waals surface area (Å²) in [4.78, 5) is 11.5. The summed E-state index contributed by atoms with van der Waals surface area (Å²) in [7, 11) is 3.02. The molecule has 1 aliphatic rings. The average molecular weight is 250 g/mol. The maximum Gasteiger partial charge on any atom is 0.330 e. The molecule has 18 heavy (non-hydrogen) atoms. The van der Waals surface area contributed by atoms with Crippen LogP contribution in [0.2, 0.25) is 0 Å². The summed E-state index contributed by atoms with van der Waals surface area (Å²) >= 11 is 0. The minimum Gasteiger partial charge on any atom is -0.466 e. The predicted molar refractivity (Wildman–Crippen MR) is 72.2 cm³/mol. The molecule has 0 bridgehead atoms. The lowest BCUT2D eigenvalue weighted by molar-refractivity contribution is -0.135. The summed E-state index contributed by atoms with van der Waals surface area (Å²) in [6.45, 7) is 12.1. The second kappa shape index (κ2) is 5.11. The Balaban J connectivity index is 3.30. The van der Waals surface area contributed by atoms with Gasteiger partial charge in [0.2, 0.25) is 0 Å². The summed E-state index contributed by atoms with van der Waals surface area (Å²) in [5, 5.41) is 0. The van der Waals surface area contributed by atoms with Crippen molar-refractivity contribution in [2.24, 2.45) is 5.41 Å². The van der Waals surface area contributed by atoms with Crippen LogP contribution in [-0.2, 0) is 14.3 Å². The number of carbonyl (C=O) groups is 1. The Morgan fingerprint density at radius 3 is 2.50 bits per heavy atom. The smallest absolute Gasteiger partial charge is 0.330 e. The number of hydrogen-bond acceptors (Lipinski definition) is 3. The van der Waals surface area contributed by atoms with Crippen LogP contribution >= 0.6 is 0 Å². The molecular weight excluding hydrogens is 228 g/mol. The van der Waals surface area contributed by atoms with Crippen molar-refractivity contribution in [1.82, 2.24) is 0 Å². The van der Waals surface area contributed by atoms with Gasteiger partial charge < -0.3 is 9.47 Å². The second-order valence-corrected chi connectivity index (χ2v) is 5.31. The van der Waals surface area contributed by atoms with E-state index >= 15 is 0 Å². The summed E-state index contributed by atoms with van der Waals surface area (Å²) in [6.07, 6.45) is 4.73. The SMILES string of the molecule is C=CCC1(OC)CC(C)(C)C(=C)/C1=C\C(=O)OC. The van der Waals surface area contributed by atoms with Gasteiger partial charge in [-0.05, 0) is 29.4 Å². The minimum absolute atomic E-state index is 0.0983. The van der Waals surface area contributed by atoms with Crippen LogP contribution in [0.4, 0.5) is 0 Å². The monoisotopic (exact) mass is 250 g/mol. The molecule has 0 aromatic rings. The molecule has 1 aliphatic carbocycles. The highest BCUT2D eigenvalue weighted by Crippen LogP contribution is 2.53. The highest BCUT2D eigenvalue weighted by atomic mass is 16.5. The van der Waals surface area contributed by atoms with Gasteiger partial charge in [0.1, 0.15) is 0 Å². The molecule has 1 fully saturated rings. The second-order valence-electron chi connectivity index (χ2n) is 5.31. The van der Waals surface area contributed by atoms with E-state index < -0.39 is 5.60 Å². The van der Waals surface area contributed by atoms with Crippen molar-refractivity contribution >= 4 is 5.97 Å². The topological polar surface area (TPSA) is 35.5 Å². The van der Waals surface area contributed by atoms with E-state index in [0.717, 1.165) is 17.6 Å². The summed E-state index contributed by atoms with van der Waals surface area (Å²) in [5.74, 6) is -0.380. The lowest BCUT2D eigenvalue weighted by Gasteiger charge is -2.29. The molecule has 0 radical (unpaired) electrons. The summed E-state index contributed by atoms with van der Waals surface area (Å²) in [5.41, 5.74) is 1.13. The molecule has 0 aliphatic heterocycles. The normalized spacial score (nSPS) is 28.4. The van der Waals surface area contributed by atoms with E-state index in [1.165, 1.54) is 13.2 Å². The quantitative estimate of drug-likeness (QED) is 0.437. The van der Waals surface area contributed by atoms with Crippen molar-refractivity contribution in [3.05, 3.63) is 36.5 Å². The van der Waals surface area contributed by atoms with Crippen molar-refractivity contribution in [2.45, 2.75) is 32.3 Å². The standard InChI is InChI=1S/C15H22O3/c1-7-8-15(18-6)10-14(3,4)11(2)12(15)9-13(16)17-5/h7,9H,1-2,8,10H2,3-6H3/b12-9+. The maximum atomic E-state index is 11.5. The van der Waals surface area contributed by atoms with Crippen LogP contribution in [0.15, 0.2) is 36.5 Å². The molecule has 3 nitrogen and oxygen atoms in total. The van der Waals surface area contributed by atoms with Crippen molar-refractivity contribution in [3.63, 3.8) is 0 Å². The molecule has 0 aromatic heterocycles. The van der Waals surface area contributed by atoms with Gasteiger partial charge in [-0.25, -0.2) is 4.79 Å². The Labute approximate surface area is 109 Å². The molecule has 0 aromatic carbocycles. The first kappa shape index (κ1) is 14.7. The fraction of sp³-hybridized carbons (Fsp3) is 0.533. The Kier molecular flexibility index (Phi) is 4.17. The largest absolute Gasteiger partial charge is 0.466 e. The summed E-state index contributed by atoms with van der Waals surface area (Å²) < 4.78 is 10.4. The van der Waals surface area contributed by atoms with Gasteiger partial charge in [-0.3, -0.25) is 0 Å². The third-order valence-corrected chi connectivity index (χ3v) is 3.69. The van der Waals surface area contributed by atoms with Crippen LogP contribution in [-0.4, -0.2) is 25.8 Å². The van der Waals surface area contributed by atoms with Gasteiger partial charge in [-0.1, -0.05) is 26.5 Å². The van der Waals surface area contributed by atoms with Crippen molar-refractivity contribution in [2.75, 3.05) is 14.2 Å². The van der Waals surface area contributed by atoms with E-state index in [4.69, 9.17) is 9.47 Å². The van der Waals surface area contributed by atoms with Crippen LogP contribution in [0.3, 0.4) is 0 Å². The van der Waals surface area contributed by atoms with Crippen LogP contribution in [0, 0.1) is 5.41 Å². The lowest BCUT2D eigenvalue weighted by atomic mass is 9.86. The number of carbonyl (C=O) groups excluding carboxylic acids is 1. The molecule has 1 atom stereocenters. The van der Waals surface area contributed by atoms with Gasteiger partial charge in [-0.2, -0.15) is 0 Å². The minimum atomic E-state index is -0.517. The van der Waals surface area contributed by atoms with Gasteiger partial charge in [0.05, 0.1) is 12.7 Å². The third-order valence-electron chi connectivity index (χ3n) is 3.69. The molecule has 0 amide bonds. The molecule has 1 rings (SSSR count). The van der Waals surface area contributed by atoms with Gasteiger partial charge in [0.25, 0.3) is 0 Å². The van der Waals surface area contributed by atoms with E-state index in [1.54, 1.807) is 7.11 Å². The van der Waals surface area contributed by atoms with Crippen LogP contribution in [0.5, 0.6) is 0 Å². The molecule has 100 valence electrons. The number of methoxy groups -OCH3 is 2. The first-order valence-electron chi connectivity index (χ1n) is 5.99. The van der Waals surface area contributed by atoms with Gasteiger partial charge in [0.15, 0.2) is 0 Å². The summed E-state index contributed by atoms with van der Waals surface area (Å²) in [6, 6.07) is 0. The number of rotatable bonds is 4. The fourth-order valence-corrected chi connectivity index (χ4v) is 2.63. The molecule has 0 saturated heterocycles. The van der Waals surface area contributed by atoms with Crippen molar-refractivity contribution in [1.29, 1.82) is 0 Å². The molecule has 3 heteroatoms. The highest BCUT2D eigenvalue weighted by molar-refractivity contribution is 5.84. The Morgan fingerprint density at radius 2 is 2.06 bits per heavy atom. The fourth-order valence-electron chi connectivity index (χ4n) is 2.63. The third kappa shape index (κ3) is 2.41. The number of ether oxygens (including phenoxy) is 2. The first-order valence-corrected chi connectivity index (χ1v) is 5.99. The zero-order valence-corrected chi connectivity index (χ0v) is 11.7. The van der Waals surface area contributed by atoms with Crippen molar-refractivity contribution in [3.8, 4) is 0 Å². The molecule has 0 spiro atoms. The predicted octanol–water partition coefficient (Wildman–Crippen LogP) is 3.03. The average Bonchev–Trinajstić information content (AvgIpc) is 2.50. The van der Waals surface area contributed by atoms with Crippen LogP contribution in [0.25, 0.3) is 0 Å². The van der Waals surface area contributed by atoms with Gasteiger partial charge in [0, 0.05) is 13.2 Å². The molecular formula is C15H22O3. The lowest BCUT2D eigenvalue weighted by Crippen LogP contribution is -2.30. The van der Waals surface area contributed by atoms with E-state index in [1.807, 2.05) is 6.08 Å². The van der Waals surface area contributed by atoms with Gasteiger partial charge in [-0.15, -0.1) is 6.58 Å². The van der Waals surface area contributed by atoms with E-state index in [9.17, 15) is 4.79 Å². The van der Waals surface area contributed by atoms with E-state index in [-0.39, 0.29) is 11.4 Å². The maximum absolute atomic E-state index is 11.5. The van der Waals surface area contributed by atoms with Gasteiger partial charge >= 0.3 is 5.97 Å². The zero-order valence-electron chi connectivity index (χ0n) is 11.7. The van der Waals surface area contributed by atoms with E-state index in [0.29, 0.717) is 6.42 Å². The zero-order chi connectivity index (χ0) is 14.0. The van der Waals surface area contributed by atoms with Crippen LogP contribution < -0.4 is 0 Å². The number of hydrogen-bond donors (Lipinski definition) is 0.